The van der Waals surface area contributed by atoms with Gasteiger partial charge in [-0.15, -0.1) is 0 Å². The maximum Gasteiger partial charge on any atom is 0.308 e. The lowest BCUT2D eigenvalue weighted by Gasteiger charge is -2.05. The molecule has 0 aliphatic rings. The summed E-state index contributed by atoms with van der Waals surface area (Å²) in [6, 6.07) is 4.71. The minimum absolute atomic E-state index is 0.313. The van der Waals surface area contributed by atoms with Gasteiger partial charge in [0.25, 0.3) is 5.24 Å². The topological polar surface area (TPSA) is 43.4 Å². The molecule has 74 valence electrons. The van der Waals surface area contributed by atoms with Crippen LogP contribution in [-0.2, 0) is 4.79 Å². The first kappa shape index (κ1) is 10.7. The van der Waals surface area contributed by atoms with E-state index in [9.17, 15) is 9.59 Å². The summed E-state index contributed by atoms with van der Waals surface area (Å²) in [6.45, 7) is 3.08. The number of halogens is 1. The molecule has 0 aromatic heterocycles. The second-order valence-corrected chi connectivity index (χ2v) is 3.19. The molecule has 3 nitrogen and oxygen atoms in total. The third-order valence-electron chi connectivity index (χ3n) is 1.67. The molecule has 0 bridgehead atoms. The normalized spacial score (nSPS) is 9.64. The van der Waals surface area contributed by atoms with Gasteiger partial charge in [0.15, 0.2) is 0 Å². The van der Waals surface area contributed by atoms with Gasteiger partial charge >= 0.3 is 5.97 Å². The van der Waals surface area contributed by atoms with Crippen LogP contribution in [0.4, 0.5) is 0 Å². The average Bonchev–Trinajstić information content (AvgIpc) is 2.07. The van der Waals surface area contributed by atoms with E-state index in [1.165, 1.54) is 13.0 Å². The lowest BCUT2D eigenvalue weighted by Crippen LogP contribution is -2.03. The molecule has 1 aromatic carbocycles. The van der Waals surface area contributed by atoms with Crippen LogP contribution < -0.4 is 4.74 Å². The fourth-order valence-corrected chi connectivity index (χ4v) is 1.10. The van der Waals surface area contributed by atoms with Crippen molar-refractivity contribution in [1.29, 1.82) is 0 Å². The van der Waals surface area contributed by atoms with Crippen molar-refractivity contribution in [2.45, 2.75) is 13.8 Å². The maximum absolute atomic E-state index is 10.8. The quantitative estimate of drug-likeness (QED) is 0.429. The molecule has 0 radical (unpaired) electrons. The Morgan fingerprint density at radius 2 is 2.00 bits per heavy atom. The molecule has 14 heavy (non-hydrogen) atoms. The van der Waals surface area contributed by atoms with Crippen molar-refractivity contribution >= 4 is 22.8 Å². The van der Waals surface area contributed by atoms with E-state index >= 15 is 0 Å². The van der Waals surface area contributed by atoms with E-state index in [-0.39, 0.29) is 0 Å². The number of carbonyl (C=O) groups excluding carboxylic acids is 2. The standard InChI is InChI=1S/C10H9ClO3/c1-6-3-4-8(10(11)13)5-9(6)14-7(2)12/h3-5H,1-2H3. The van der Waals surface area contributed by atoms with Gasteiger partial charge < -0.3 is 4.74 Å². The summed E-state index contributed by atoms with van der Waals surface area (Å²) in [7, 11) is 0. The summed E-state index contributed by atoms with van der Waals surface area (Å²) in [5, 5.41) is -0.571. The van der Waals surface area contributed by atoms with Crippen LogP contribution in [0.25, 0.3) is 0 Å². The molecule has 0 heterocycles. The zero-order valence-corrected chi connectivity index (χ0v) is 8.59. The van der Waals surface area contributed by atoms with Gasteiger partial charge in [-0.05, 0) is 36.2 Å². The average molecular weight is 213 g/mol. The molecule has 0 unspecified atom stereocenters. The maximum atomic E-state index is 10.8. The summed E-state index contributed by atoms with van der Waals surface area (Å²) >= 11 is 5.28. The lowest BCUT2D eigenvalue weighted by molar-refractivity contribution is -0.131. The van der Waals surface area contributed by atoms with Crippen molar-refractivity contribution in [2.75, 3.05) is 0 Å². The summed E-state index contributed by atoms with van der Waals surface area (Å²) in [6.07, 6.45) is 0. The van der Waals surface area contributed by atoms with Crippen molar-refractivity contribution < 1.29 is 14.3 Å². The summed E-state index contributed by atoms with van der Waals surface area (Å²) < 4.78 is 4.89. The molecular formula is C10H9ClO3. The molecule has 1 aromatic rings. The fraction of sp³-hybridized carbons (Fsp3) is 0.200. The highest BCUT2D eigenvalue weighted by molar-refractivity contribution is 6.67. The van der Waals surface area contributed by atoms with Gasteiger partial charge in [0, 0.05) is 12.5 Å². The molecule has 0 amide bonds. The third kappa shape index (κ3) is 2.57. The van der Waals surface area contributed by atoms with E-state index in [0.29, 0.717) is 11.3 Å². The van der Waals surface area contributed by atoms with Crippen LogP contribution in [0.2, 0.25) is 0 Å². The molecule has 0 aliphatic carbocycles. The fourth-order valence-electron chi connectivity index (χ4n) is 0.987. The number of hydrogen-bond donors (Lipinski definition) is 0. The lowest BCUT2D eigenvalue weighted by atomic mass is 10.1. The van der Waals surface area contributed by atoms with Gasteiger partial charge in [0.1, 0.15) is 5.75 Å². The largest absolute Gasteiger partial charge is 0.426 e. The van der Waals surface area contributed by atoms with Crippen LogP contribution in [0, 0.1) is 6.92 Å². The van der Waals surface area contributed by atoms with E-state index in [1.807, 2.05) is 0 Å². The number of ether oxygens (including phenoxy) is 1. The molecule has 0 saturated carbocycles. The highest BCUT2D eigenvalue weighted by Gasteiger charge is 2.07. The van der Waals surface area contributed by atoms with Crippen LogP contribution in [-0.4, -0.2) is 11.2 Å². The monoisotopic (exact) mass is 212 g/mol. The highest BCUT2D eigenvalue weighted by atomic mass is 35.5. The molecular weight excluding hydrogens is 204 g/mol. The molecule has 0 saturated heterocycles. The SMILES string of the molecule is CC(=O)Oc1cc(C(=O)Cl)ccc1C. The highest BCUT2D eigenvalue weighted by Crippen LogP contribution is 2.20. The summed E-state index contributed by atoms with van der Waals surface area (Å²) in [5.41, 5.74) is 1.09. The van der Waals surface area contributed by atoms with Gasteiger partial charge in [-0.1, -0.05) is 6.07 Å². The molecule has 4 heteroatoms. The Morgan fingerprint density at radius 1 is 1.36 bits per heavy atom. The minimum Gasteiger partial charge on any atom is -0.426 e. The number of hydrogen-bond acceptors (Lipinski definition) is 3. The molecule has 0 aliphatic heterocycles. The molecule has 0 spiro atoms. The predicted molar refractivity (Wildman–Crippen MR) is 52.7 cm³/mol. The Kier molecular flexibility index (Phi) is 3.25. The molecule has 0 fully saturated rings. The minimum atomic E-state index is -0.571. The van der Waals surface area contributed by atoms with Crippen molar-refractivity contribution in [1.82, 2.24) is 0 Å². The van der Waals surface area contributed by atoms with E-state index in [4.69, 9.17) is 16.3 Å². The Bertz CT molecular complexity index is 385. The zero-order valence-electron chi connectivity index (χ0n) is 7.83. The van der Waals surface area contributed by atoms with Crippen LogP contribution in [0.3, 0.4) is 0 Å². The van der Waals surface area contributed by atoms with Crippen LogP contribution in [0.5, 0.6) is 5.75 Å². The Labute approximate surface area is 86.6 Å². The Morgan fingerprint density at radius 3 is 2.50 bits per heavy atom. The van der Waals surface area contributed by atoms with E-state index in [1.54, 1.807) is 19.1 Å². The van der Waals surface area contributed by atoms with Gasteiger partial charge in [0.05, 0.1) is 0 Å². The third-order valence-corrected chi connectivity index (χ3v) is 1.89. The number of aryl methyl sites for hydroxylation is 1. The van der Waals surface area contributed by atoms with Crippen LogP contribution in [0.1, 0.15) is 22.8 Å². The second-order valence-electron chi connectivity index (χ2n) is 2.85. The van der Waals surface area contributed by atoms with Gasteiger partial charge in [0.2, 0.25) is 0 Å². The van der Waals surface area contributed by atoms with Crippen molar-refractivity contribution in [2.24, 2.45) is 0 Å². The van der Waals surface area contributed by atoms with Crippen LogP contribution >= 0.6 is 11.6 Å². The van der Waals surface area contributed by atoms with Crippen LogP contribution in [0.15, 0.2) is 18.2 Å². The summed E-state index contributed by atoms with van der Waals surface area (Å²) in [5.74, 6) is -0.0590. The Hall–Kier alpha value is -1.35. The molecule has 0 N–H and O–H groups in total. The second kappa shape index (κ2) is 4.24. The number of rotatable bonds is 2. The van der Waals surface area contributed by atoms with Gasteiger partial charge in [-0.3, -0.25) is 9.59 Å². The first-order valence-electron chi connectivity index (χ1n) is 3.99. The van der Waals surface area contributed by atoms with E-state index in [2.05, 4.69) is 0 Å². The number of esters is 1. The smallest absolute Gasteiger partial charge is 0.308 e. The number of benzene rings is 1. The Balaban J connectivity index is 3.08. The predicted octanol–water partition coefficient (Wildman–Crippen LogP) is 2.30. The zero-order chi connectivity index (χ0) is 10.7. The first-order chi connectivity index (χ1) is 6.50. The summed E-state index contributed by atoms with van der Waals surface area (Å²) in [4.78, 5) is 21.5. The van der Waals surface area contributed by atoms with E-state index < -0.39 is 11.2 Å². The van der Waals surface area contributed by atoms with Crippen molar-refractivity contribution in [3.8, 4) is 5.75 Å². The van der Waals surface area contributed by atoms with Gasteiger partial charge in [-0.2, -0.15) is 0 Å². The molecule has 0 atom stereocenters. The van der Waals surface area contributed by atoms with Crippen molar-refractivity contribution in [3.05, 3.63) is 29.3 Å². The van der Waals surface area contributed by atoms with Gasteiger partial charge in [-0.25, -0.2) is 0 Å². The van der Waals surface area contributed by atoms with Crippen molar-refractivity contribution in [3.63, 3.8) is 0 Å². The van der Waals surface area contributed by atoms with E-state index in [0.717, 1.165) is 5.56 Å². The number of carbonyl (C=O) groups is 2. The molecule has 1 rings (SSSR count). The first-order valence-corrected chi connectivity index (χ1v) is 4.37.